The summed E-state index contributed by atoms with van der Waals surface area (Å²) in [6.45, 7) is 20.6. The van der Waals surface area contributed by atoms with Gasteiger partial charge in [0.1, 0.15) is 0 Å². The van der Waals surface area contributed by atoms with Crippen molar-refractivity contribution in [3.8, 4) is 0 Å². The molecule has 0 bridgehead atoms. The number of pyridine rings is 1. The van der Waals surface area contributed by atoms with Crippen molar-refractivity contribution in [1.29, 1.82) is 0 Å². The second-order valence-corrected chi connectivity index (χ2v) is 8.47. The van der Waals surface area contributed by atoms with E-state index in [0.717, 1.165) is 28.9 Å². The highest BCUT2D eigenvalue weighted by Crippen LogP contribution is 2.27. The number of hydrogen-bond donors (Lipinski definition) is 2. The number of carbonyl (C=O) groups excluding carboxylic acids is 2. The van der Waals surface area contributed by atoms with Gasteiger partial charge in [-0.1, -0.05) is 65.5 Å². The van der Waals surface area contributed by atoms with E-state index in [1.165, 1.54) is 23.7 Å². The van der Waals surface area contributed by atoms with Crippen LogP contribution >= 0.6 is 0 Å². The van der Waals surface area contributed by atoms with E-state index in [4.69, 9.17) is 4.98 Å². The van der Waals surface area contributed by atoms with E-state index in [-0.39, 0.29) is 5.57 Å². The van der Waals surface area contributed by atoms with Crippen molar-refractivity contribution in [1.82, 2.24) is 15.6 Å². The number of allylic oxidation sites excluding steroid dienone is 2. The molecule has 34 heavy (non-hydrogen) atoms. The summed E-state index contributed by atoms with van der Waals surface area (Å²) in [4.78, 5) is 28.7. The van der Waals surface area contributed by atoms with Crippen LogP contribution in [0.1, 0.15) is 80.2 Å². The van der Waals surface area contributed by atoms with Crippen LogP contribution in [-0.2, 0) is 11.2 Å². The molecule has 0 aliphatic carbocycles. The lowest BCUT2D eigenvalue weighted by Crippen LogP contribution is -2.37. The Bertz CT molecular complexity index is 1040. The van der Waals surface area contributed by atoms with Crippen LogP contribution in [0.2, 0.25) is 0 Å². The maximum Gasteiger partial charge on any atom is 0.321 e. The van der Waals surface area contributed by atoms with Crippen molar-refractivity contribution < 1.29 is 9.59 Å². The number of carbonyl (C=O) groups is 2. The van der Waals surface area contributed by atoms with Gasteiger partial charge in [0, 0.05) is 24.7 Å². The molecule has 1 aromatic heterocycles. The molecule has 0 fully saturated rings. The third kappa shape index (κ3) is 7.41. The minimum atomic E-state index is -0.555. The average Bonchev–Trinajstić information content (AvgIpc) is 2.81. The molecular weight excluding hydrogens is 422 g/mol. The number of aryl methyl sites for hydroxylation is 3. The number of amides is 3. The summed E-state index contributed by atoms with van der Waals surface area (Å²) in [7, 11) is 1.46. The summed E-state index contributed by atoms with van der Waals surface area (Å²) in [5.41, 5.74) is 8.83. The smallest absolute Gasteiger partial charge is 0.321 e. The Morgan fingerprint density at radius 2 is 1.65 bits per heavy atom. The van der Waals surface area contributed by atoms with Crippen molar-refractivity contribution in [2.24, 2.45) is 5.92 Å². The van der Waals surface area contributed by atoms with Crippen molar-refractivity contribution in [3.63, 3.8) is 0 Å². The first-order chi connectivity index (χ1) is 16.1. The molecule has 1 aromatic carbocycles. The van der Waals surface area contributed by atoms with Gasteiger partial charge in [-0.05, 0) is 72.6 Å². The number of urea groups is 1. The number of aromatic nitrogens is 1. The predicted molar refractivity (Wildman–Crippen MR) is 144 cm³/mol. The highest BCUT2D eigenvalue weighted by atomic mass is 16.2. The van der Waals surface area contributed by atoms with Crippen molar-refractivity contribution in [2.75, 3.05) is 7.05 Å². The first-order valence-corrected chi connectivity index (χ1v) is 12.1. The largest absolute Gasteiger partial charge is 0.341 e. The predicted octanol–water partition coefficient (Wildman–Crippen LogP) is 6.54. The topological polar surface area (TPSA) is 71.1 Å². The Hall–Kier alpha value is -3.21. The number of rotatable bonds is 7. The molecule has 0 saturated carbocycles. The van der Waals surface area contributed by atoms with Gasteiger partial charge in [0.25, 0.3) is 5.91 Å². The molecule has 1 heterocycles. The van der Waals surface area contributed by atoms with Gasteiger partial charge in [-0.15, -0.1) is 0 Å². The Labute approximate surface area is 205 Å². The molecule has 3 amide bonds. The van der Waals surface area contributed by atoms with Crippen molar-refractivity contribution in [2.45, 2.75) is 68.2 Å². The number of benzene rings is 1. The molecule has 2 aromatic rings. The molecule has 2 rings (SSSR count). The van der Waals surface area contributed by atoms with Crippen LogP contribution in [0.25, 0.3) is 11.1 Å². The summed E-state index contributed by atoms with van der Waals surface area (Å²) in [6.07, 6.45) is 3.96. The molecule has 2 N–H and O–H groups in total. The molecule has 0 unspecified atom stereocenters. The Kier molecular flexibility index (Phi) is 11.4. The Morgan fingerprint density at radius 1 is 1.06 bits per heavy atom. The minimum Gasteiger partial charge on any atom is -0.341 e. The van der Waals surface area contributed by atoms with E-state index in [2.05, 4.69) is 63.1 Å². The maximum absolute atomic E-state index is 12.3. The first-order valence-electron chi connectivity index (χ1n) is 12.1. The van der Waals surface area contributed by atoms with Crippen LogP contribution in [0, 0.1) is 26.7 Å². The highest BCUT2D eigenvalue weighted by molar-refractivity contribution is 6.22. The lowest BCUT2D eigenvalue weighted by atomic mass is 9.92. The normalized spacial score (nSPS) is 10.9. The fraction of sp³-hybridized carbons (Fsp3) is 0.414. The lowest BCUT2D eigenvalue weighted by Gasteiger charge is -2.17. The molecule has 0 saturated heterocycles. The van der Waals surface area contributed by atoms with Crippen molar-refractivity contribution in [3.05, 3.63) is 76.1 Å². The van der Waals surface area contributed by atoms with Gasteiger partial charge >= 0.3 is 6.03 Å². The van der Waals surface area contributed by atoms with Gasteiger partial charge in [-0.25, -0.2) is 4.79 Å². The van der Waals surface area contributed by atoms with E-state index in [0.29, 0.717) is 17.9 Å². The summed E-state index contributed by atoms with van der Waals surface area (Å²) < 4.78 is 0. The van der Waals surface area contributed by atoms with E-state index in [9.17, 15) is 9.59 Å². The first kappa shape index (κ1) is 28.8. The maximum atomic E-state index is 12.3. The van der Waals surface area contributed by atoms with Crippen LogP contribution in [0.5, 0.6) is 0 Å². The number of nitrogens with one attached hydrogen (secondary N) is 2. The van der Waals surface area contributed by atoms with E-state index >= 15 is 0 Å². The van der Waals surface area contributed by atoms with Gasteiger partial charge < -0.3 is 5.32 Å². The lowest BCUT2D eigenvalue weighted by molar-refractivity contribution is -0.114. The third-order valence-electron chi connectivity index (χ3n) is 5.60. The molecule has 0 atom stereocenters. The summed E-state index contributed by atoms with van der Waals surface area (Å²) >= 11 is 0. The van der Waals surface area contributed by atoms with Gasteiger partial charge in [0.2, 0.25) is 0 Å². The fourth-order valence-corrected chi connectivity index (χ4v) is 3.79. The fourth-order valence-electron chi connectivity index (χ4n) is 3.79. The van der Waals surface area contributed by atoms with Crippen LogP contribution in [-0.4, -0.2) is 24.0 Å². The molecule has 184 valence electrons. The van der Waals surface area contributed by atoms with Gasteiger partial charge in [-0.3, -0.25) is 15.1 Å². The van der Waals surface area contributed by atoms with Crippen LogP contribution in [0.4, 0.5) is 4.79 Å². The van der Waals surface area contributed by atoms with Crippen molar-refractivity contribution >= 4 is 23.1 Å². The van der Waals surface area contributed by atoms with Gasteiger partial charge in [0.15, 0.2) is 0 Å². The van der Waals surface area contributed by atoms with E-state index < -0.39 is 11.9 Å². The summed E-state index contributed by atoms with van der Waals surface area (Å²) in [5, 5.41) is 4.63. The molecule has 5 heteroatoms. The highest BCUT2D eigenvalue weighted by Gasteiger charge is 2.16. The standard InChI is InChI=1S/C27H35N3O2.C2H6/c1-9-10-23(16(2)3)25-17(4)11-12-22(29-25)15-24-18(5)13-21(14-19(24)6)20(7)26(31)30-27(32)28-8;1-2/h10-14,16H,7,9,15H2,1-6,8H3,(H2,28,30,31,32);1-2H3/b23-10-;. The van der Waals surface area contributed by atoms with Crippen LogP contribution in [0.3, 0.4) is 0 Å². The summed E-state index contributed by atoms with van der Waals surface area (Å²) in [5.74, 6) is -0.101. The minimum absolute atomic E-state index is 0.258. The molecule has 5 nitrogen and oxygen atoms in total. The second-order valence-electron chi connectivity index (χ2n) is 8.47. The molecule has 0 spiro atoms. The van der Waals surface area contributed by atoms with Crippen LogP contribution in [0.15, 0.2) is 36.9 Å². The second kappa shape index (κ2) is 13.5. The zero-order chi connectivity index (χ0) is 26.0. The number of nitrogens with zero attached hydrogens (tertiary/aromatic N) is 1. The molecular formula is C29H41N3O2. The van der Waals surface area contributed by atoms with Crippen LogP contribution < -0.4 is 10.6 Å². The molecule has 0 aliphatic rings. The van der Waals surface area contributed by atoms with E-state index in [1.54, 1.807) is 0 Å². The zero-order valence-electron chi connectivity index (χ0n) is 22.3. The monoisotopic (exact) mass is 463 g/mol. The van der Waals surface area contributed by atoms with Gasteiger partial charge in [-0.2, -0.15) is 0 Å². The average molecular weight is 464 g/mol. The Morgan fingerprint density at radius 3 is 2.15 bits per heavy atom. The third-order valence-corrected chi connectivity index (χ3v) is 5.60. The van der Waals surface area contributed by atoms with Gasteiger partial charge in [0.05, 0.1) is 5.69 Å². The SMILES string of the molecule is C=C(C(=O)NC(=O)NC)c1cc(C)c(Cc2ccc(C)c(/C(=C\CC)C(C)C)n2)c(C)c1.CC. The molecule has 0 radical (unpaired) electrons. The quantitative estimate of drug-likeness (QED) is 0.458. The molecule has 0 aliphatic heterocycles. The number of hydrogen-bond acceptors (Lipinski definition) is 3. The Balaban J connectivity index is 0.00000281. The summed E-state index contributed by atoms with van der Waals surface area (Å²) in [6, 6.07) is 7.57. The number of imide groups is 1. The zero-order valence-corrected chi connectivity index (χ0v) is 22.3. The van der Waals surface area contributed by atoms with E-state index in [1.807, 2.05) is 39.8 Å².